The van der Waals surface area contributed by atoms with Crippen LogP contribution < -0.4 is 15.0 Å². The summed E-state index contributed by atoms with van der Waals surface area (Å²) >= 11 is 0. The number of hydrogen-bond donors (Lipinski definition) is 1. The summed E-state index contributed by atoms with van der Waals surface area (Å²) in [6, 6.07) is 8.08. The lowest BCUT2D eigenvalue weighted by molar-refractivity contribution is -0.130. The van der Waals surface area contributed by atoms with Crippen LogP contribution in [-0.2, 0) is 4.79 Å². The predicted octanol–water partition coefficient (Wildman–Crippen LogP) is 0.495. The Morgan fingerprint density at radius 3 is 2.39 bits per heavy atom. The number of carbonyl (C=O) groups excluding carboxylic acids is 1. The Morgan fingerprint density at radius 1 is 1.17 bits per heavy atom. The number of anilines is 1. The van der Waals surface area contributed by atoms with Crippen molar-refractivity contribution < 1.29 is 9.53 Å². The number of benzene rings is 1. The van der Waals surface area contributed by atoms with Gasteiger partial charge < -0.3 is 24.8 Å². The van der Waals surface area contributed by atoms with E-state index < -0.39 is 0 Å². The average molecular weight is 320 g/mol. The summed E-state index contributed by atoms with van der Waals surface area (Å²) in [5.41, 5.74) is 1.18. The van der Waals surface area contributed by atoms with Gasteiger partial charge in [0, 0.05) is 45.0 Å². The van der Waals surface area contributed by atoms with Crippen molar-refractivity contribution in [3.05, 3.63) is 24.3 Å². The SMILES string of the molecule is COc1ccc(N2CCN(C(=O)CNCCN(C)C)CC2)cc1. The fourth-order valence-electron chi connectivity index (χ4n) is 2.62. The number of ether oxygens (including phenoxy) is 1. The molecule has 0 saturated carbocycles. The van der Waals surface area contributed by atoms with E-state index in [0.29, 0.717) is 6.54 Å². The average Bonchev–Trinajstić information content (AvgIpc) is 2.58. The van der Waals surface area contributed by atoms with Crippen molar-refractivity contribution in [3.63, 3.8) is 0 Å². The van der Waals surface area contributed by atoms with Gasteiger partial charge >= 0.3 is 0 Å². The monoisotopic (exact) mass is 320 g/mol. The molecule has 1 heterocycles. The van der Waals surface area contributed by atoms with Crippen LogP contribution >= 0.6 is 0 Å². The van der Waals surface area contributed by atoms with Crippen molar-refractivity contribution in [1.29, 1.82) is 0 Å². The van der Waals surface area contributed by atoms with Crippen molar-refractivity contribution in [2.45, 2.75) is 0 Å². The minimum absolute atomic E-state index is 0.193. The molecule has 1 aliphatic heterocycles. The Hall–Kier alpha value is -1.79. The van der Waals surface area contributed by atoms with Crippen LogP contribution in [-0.4, -0.2) is 82.7 Å². The smallest absolute Gasteiger partial charge is 0.236 e. The van der Waals surface area contributed by atoms with Crippen molar-refractivity contribution in [3.8, 4) is 5.75 Å². The third-order valence-corrected chi connectivity index (χ3v) is 4.08. The normalized spacial score (nSPS) is 15.1. The van der Waals surface area contributed by atoms with Crippen LogP contribution in [0.5, 0.6) is 5.75 Å². The molecule has 0 atom stereocenters. The summed E-state index contributed by atoms with van der Waals surface area (Å²) in [7, 11) is 5.73. The van der Waals surface area contributed by atoms with Crippen molar-refractivity contribution in [2.24, 2.45) is 0 Å². The number of hydrogen-bond acceptors (Lipinski definition) is 5. The molecule has 0 aliphatic carbocycles. The minimum Gasteiger partial charge on any atom is -0.497 e. The molecule has 128 valence electrons. The van der Waals surface area contributed by atoms with Crippen molar-refractivity contribution >= 4 is 11.6 Å². The number of nitrogens with one attached hydrogen (secondary N) is 1. The molecule has 1 aliphatic rings. The molecule has 0 bridgehead atoms. The summed E-state index contributed by atoms with van der Waals surface area (Å²) in [6.45, 7) is 5.51. The topological polar surface area (TPSA) is 48.1 Å². The Labute approximate surface area is 139 Å². The Balaban J connectivity index is 1.73. The number of rotatable bonds is 7. The largest absolute Gasteiger partial charge is 0.497 e. The maximum absolute atomic E-state index is 12.2. The van der Waals surface area contributed by atoms with Crippen LogP contribution in [0, 0.1) is 0 Å². The standard InChI is InChI=1S/C17H28N4O2/c1-19(2)9-8-18-14-17(22)21-12-10-20(11-13-21)15-4-6-16(23-3)7-5-15/h4-7,18H,8-14H2,1-3H3. The molecule has 1 N–H and O–H groups in total. The van der Waals surface area contributed by atoms with Crippen molar-refractivity contribution in [2.75, 3.05) is 71.9 Å². The molecule has 2 rings (SSSR count). The fourth-order valence-corrected chi connectivity index (χ4v) is 2.62. The maximum Gasteiger partial charge on any atom is 0.236 e. The molecule has 0 unspecified atom stereocenters. The van der Waals surface area contributed by atoms with E-state index in [1.807, 2.05) is 31.1 Å². The van der Waals surface area contributed by atoms with E-state index in [1.54, 1.807) is 7.11 Å². The zero-order valence-electron chi connectivity index (χ0n) is 14.4. The lowest BCUT2D eigenvalue weighted by atomic mass is 10.2. The molecule has 6 heteroatoms. The highest BCUT2D eigenvalue weighted by molar-refractivity contribution is 5.78. The molecule has 1 amide bonds. The van der Waals surface area contributed by atoms with E-state index in [1.165, 1.54) is 5.69 Å². The lowest BCUT2D eigenvalue weighted by Crippen LogP contribution is -2.51. The quantitative estimate of drug-likeness (QED) is 0.741. The van der Waals surface area contributed by atoms with Gasteiger partial charge in [-0.25, -0.2) is 0 Å². The molecule has 0 radical (unpaired) electrons. The van der Waals surface area contributed by atoms with Crippen LogP contribution in [0.3, 0.4) is 0 Å². The zero-order valence-corrected chi connectivity index (χ0v) is 14.4. The zero-order chi connectivity index (χ0) is 16.7. The van der Waals surface area contributed by atoms with Crippen LogP contribution in [0.2, 0.25) is 0 Å². The molecule has 1 fully saturated rings. The highest BCUT2D eigenvalue weighted by atomic mass is 16.5. The molecular weight excluding hydrogens is 292 g/mol. The number of amides is 1. The molecule has 1 aromatic rings. The van der Waals surface area contributed by atoms with Gasteiger partial charge in [-0.05, 0) is 38.4 Å². The van der Waals surface area contributed by atoms with Gasteiger partial charge in [0.25, 0.3) is 0 Å². The van der Waals surface area contributed by atoms with Gasteiger partial charge in [0.15, 0.2) is 0 Å². The minimum atomic E-state index is 0.193. The molecule has 6 nitrogen and oxygen atoms in total. The highest BCUT2D eigenvalue weighted by Gasteiger charge is 2.20. The summed E-state index contributed by atoms with van der Waals surface area (Å²) in [4.78, 5) is 18.5. The summed E-state index contributed by atoms with van der Waals surface area (Å²) in [6.07, 6.45) is 0. The van der Waals surface area contributed by atoms with Crippen molar-refractivity contribution in [1.82, 2.24) is 15.1 Å². The first-order valence-electron chi connectivity index (χ1n) is 8.12. The molecule has 0 aromatic heterocycles. The van der Waals surface area contributed by atoms with Gasteiger partial charge in [-0.1, -0.05) is 0 Å². The second-order valence-corrected chi connectivity index (χ2v) is 6.05. The number of carbonyl (C=O) groups is 1. The first-order valence-corrected chi connectivity index (χ1v) is 8.12. The number of piperazine rings is 1. The van der Waals surface area contributed by atoms with Gasteiger partial charge in [0.2, 0.25) is 5.91 Å². The number of methoxy groups -OCH3 is 1. The van der Waals surface area contributed by atoms with Gasteiger partial charge in [0.1, 0.15) is 5.75 Å². The summed E-state index contributed by atoms with van der Waals surface area (Å²) in [5, 5.41) is 3.21. The predicted molar refractivity (Wildman–Crippen MR) is 93.2 cm³/mol. The van der Waals surface area contributed by atoms with Crippen LogP contribution in [0.25, 0.3) is 0 Å². The third-order valence-electron chi connectivity index (χ3n) is 4.08. The fraction of sp³-hybridized carbons (Fsp3) is 0.588. The first-order chi connectivity index (χ1) is 11.1. The van der Waals surface area contributed by atoms with Crippen LogP contribution in [0.1, 0.15) is 0 Å². The molecule has 0 spiro atoms. The molecule has 1 aromatic carbocycles. The van der Waals surface area contributed by atoms with E-state index in [0.717, 1.165) is 45.0 Å². The van der Waals surface area contributed by atoms with E-state index in [4.69, 9.17) is 4.74 Å². The van der Waals surface area contributed by atoms with Gasteiger partial charge in [-0.15, -0.1) is 0 Å². The van der Waals surface area contributed by atoms with Crippen LogP contribution in [0.15, 0.2) is 24.3 Å². The van der Waals surface area contributed by atoms with E-state index >= 15 is 0 Å². The first kappa shape index (κ1) is 17.6. The molecule has 23 heavy (non-hydrogen) atoms. The highest BCUT2D eigenvalue weighted by Crippen LogP contribution is 2.20. The van der Waals surface area contributed by atoms with Gasteiger partial charge in [0.05, 0.1) is 13.7 Å². The van der Waals surface area contributed by atoms with E-state index in [2.05, 4.69) is 27.2 Å². The van der Waals surface area contributed by atoms with Crippen LogP contribution in [0.4, 0.5) is 5.69 Å². The number of likely N-dealkylation sites (N-methyl/N-ethyl adjacent to an activating group) is 1. The molecule has 1 saturated heterocycles. The van der Waals surface area contributed by atoms with E-state index in [9.17, 15) is 4.79 Å². The Kier molecular flexibility index (Phi) is 6.67. The van der Waals surface area contributed by atoms with Gasteiger partial charge in [-0.2, -0.15) is 0 Å². The maximum atomic E-state index is 12.2. The molecular formula is C17H28N4O2. The summed E-state index contributed by atoms with van der Waals surface area (Å²) < 4.78 is 5.19. The summed E-state index contributed by atoms with van der Waals surface area (Å²) in [5.74, 6) is 1.06. The lowest BCUT2D eigenvalue weighted by Gasteiger charge is -2.36. The van der Waals surface area contributed by atoms with E-state index in [-0.39, 0.29) is 5.91 Å². The third kappa shape index (κ3) is 5.41. The Bertz CT molecular complexity index is 482. The number of nitrogens with zero attached hydrogens (tertiary/aromatic N) is 3. The Morgan fingerprint density at radius 2 is 1.83 bits per heavy atom. The van der Waals surface area contributed by atoms with Gasteiger partial charge in [-0.3, -0.25) is 4.79 Å². The second-order valence-electron chi connectivity index (χ2n) is 6.05. The second kappa shape index (κ2) is 8.74.